The highest BCUT2D eigenvalue weighted by Gasteiger charge is 2.33. The van der Waals surface area contributed by atoms with E-state index < -0.39 is 0 Å². The van der Waals surface area contributed by atoms with Crippen molar-refractivity contribution in [3.63, 3.8) is 0 Å². The van der Waals surface area contributed by atoms with Crippen LogP contribution < -0.4 is 9.64 Å². The fourth-order valence-electron chi connectivity index (χ4n) is 2.91. The highest BCUT2D eigenvalue weighted by molar-refractivity contribution is 8.27. The molecule has 1 fully saturated rings. The number of carbonyl (C=O) groups excluding carboxylic acids is 1. The van der Waals surface area contributed by atoms with Crippen LogP contribution in [0.1, 0.15) is 25.8 Å². The van der Waals surface area contributed by atoms with Gasteiger partial charge in [-0.3, -0.25) is 9.69 Å². The average molecular weight is 453 g/mol. The Morgan fingerprint density at radius 2 is 1.93 bits per heavy atom. The van der Waals surface area contributed by atoms with Gasteiger partial charge in [0.25, 0.3) is 5.91 Å². The summed E-state index contributed by atoms with van der Waals surface area (Å²) in [5, 5.41) is 0. The van der Waals surface area contributed by atoms with Crippen LogP contribution in [0.3, 0.4) is 0 Å². The largest absolute Gasteiger partial charge is 0.494 e. The number of benzene rings is 1. The molecule has 0 aliphatic carbocycles. The number of furan rings is 1. The number of hydrogen-bond acceptors (Lipinski definition) is 6. The number of anilines is 1. The second-order valence-corrected chi connectivity index (χ2v) is 7.97. The zero-order valence-corrected chi connectivity index (χ0v) is 18.9. The minimum Gasteiger partial charge on any atom is -0.494 e. The van der Waals surface area contributed by atoms with Gasteiger partial charge < -0.3 is 14.1 Å². The van der Waals surface area contributed by atoms with Crippen LogP contribution in [-0.2, 0) is 4.79 Å². The standard InChI is InChI=1S/C21H24N2O3S2.ClH/c1-3-22(4-2)11-5-12-26-18-8-6-17(7-9-18)23-20(24)19(28-21(23)27)14-16-10-13-25-15-16;/h6-10,13-15H,3-5,11-12H2,1-2H3;1H. The van der Waals surface area contributed by atoms with Crippen molar-refractivity contribution in [2.75, 3.05) is 31.1 Å². The molecule has 0 N–H and O–H groups in total. The number of ether oxygens (including phenoxy) is 1. The first-order chi connectivity index (χ1) is 13.6. The quantitative estimate of drug-likeness (QED) is 0.295. The molecule has 156 valence electrons. The predicted molar refractivity (Wildman–Crippen MR) is 126 cm³/mol. The number of amides is 1. The van der Waals surface area contributed by atoms with Crippen molar-refractivity contribution < 1.29 is 13.9 Å². The molecule has 0 radical (unpaired) electrons. The Kier molecular flexibility index (Phi) is 9.23. The normalized spacial score (nSPS) is 15.3. The van der Waals surface area contributed by atoms with Gasteiger partial charge in [0.1, 0.15) is 5.75 Å². The molecular formula is C21H25ClN2O3S2. The zero-order valence-electron chi connectivity index (χ0n) is 16.5. The van der Waals surface area contributed by atoms with Crippen molar-refractivity contribution in [2.24, 2.45) is 0 Å². The highest BCUT2D eigenvalue weighted by atomic mass is 35.5. The number of thiocarbonyl (C=S) groups is 1. The van der Waals surface area contributed by atoms with Crippen LogP contribution >= 0.6 is 36.4 Å². The second-order valence-electron chi connectivity index (χ2n) is 6.30. The monoisotopic (exact) mass is 452 g/mol. The van der Waals surface area contributed by atoms with Gasteiger partial charge in [0.15, 0.2) is 4.32 Å². The third-order valence-electron chi connectivity index (χ3n) is 4.51. The average Bonchev–Trinajstić information content (AvgIpc) is 3.31. The molecule has 0 spiro atoms. The van der Waals surface area contributed by atoms with E-state index in [1.165, 1.54) is 11.8 Å². The Morgan fingerprint density at radius 1 is 1.21 bits per heavy atom. The fourth-order valence-corrected chi connectivity index (χ4v) is 4.21. The first kappa shape index (κ1) is 23.5. The molecule has 1 aromatic heterocycles. The number of nitrogens with zero attached hydrogens (tertiary/aromatic N) is 2. The Balaban J connectivity index is 0.00000300. The number of halogens is 1. The molecular weight excluding hydrogens is 428 g/mol. The smallest absolute Gasteiger partial charge is 0.270 e. The molecule has 1 aliphatic heterocycles. The van der Waals surface area contributed by atoms with Gasteiger partial charge in [-0.25, -0.2) is 0 Å². The summed E-state index contributed by atoms with van der Waals surface area (Å²) in [6, 6.07) is 9.30. The number of rotatable bonds is 9. The maximum Gasteiger partial charge on any atom is 0.270 e. The summed E-state index contributed by atoms with van der Waals surface area (Å²) < 4.78 is 11.4. The van der Waals surface area contributed by atoms with Crippen molar-refractivity contribution in [3.8, 4) is 5.75 Å². The molecule has 1 aliphatic rings. The molecule has 8 heteroatoms. The van der Waals surface area contributed by atoms with E-state index in [0.717, 1.165) is 43.1 Å². The summed E-state index contributed by atoms with van der Waals surface area (Å²) in [6.07, 6.45) is 5.94. The van der Waals surface area contributed by atoms with E-state index in [-0.39, 0.29) is 18.3 Å². The molecule has 3 rings (SSSR count). The van der Waals surface area contributed by atoms with Crippen LogP contribution in [0.4, 0.5) is 5.69 Å². The van der Waals surface area contributed by atoms with Crippen molar-refractivity contribution in [1.82, 2.24) is 4.90 Å². The van der Waals surface area contributed by atoms with Crippen molar-refractivity contribution in [2.45, 2.75) is 20.3 Å². The van der Waals surface area contributed by atoms with E-state index in [4.69, 9.17) is 21.4 Å². The van der Waals surface area contributed by atoms with Crippen molar-refractivity contribution in [3.05, 3.63) is 53.3 Å². The molecule has 5 nitrogen and oxygen atoms in total. The van der Waals surface area contributed by atoms with Crippen LogP contribution in [-0.4, -0.2) is 41.4 Å². The van der Waals surface area contributed by atoms with E-state index >= 15 is 0 Å². The minimum absolute atomic E-state index is 0. The molecule has 2 heterocycles. The van der Waals surface area contributed by atoms with Gasteiger partial charge >= 0.3 is 0 Å². The lowest BCUT2D eigenvalue weighted by molar-refractivity contribution is -0.113. The van der Waals surface area contributed by atoms with E-state index in [1.807, 2.05) is 24.3 Å². The number of carbonyl (C=O) groups is 1. The SMILES string of the molecule is CCN(CC)CCCOc1ccc(N2C(=O)C(=Cc3ccoc3)SC2=S)cc1.Cl. The van der Waals surface area contributed by atoms with E-state index in [9.17, 15) is 4.79 Å². The molecule has 1 aromatic carbocycles. The lowest BCUT2D eigenvalue weighted by Gasteiger charge is -2.18. The van der Waals surface area contributed by atoms with Crippen molar-refractivity contribution in [1.29, 1.82) is 0 Å². The molecule has 2 aromatic rings. The summed E-state index contributed by atoms with van der Waals surface area (Å²) in [7, 11) is 0. The van der Waals surface area contributed by atoms with Gasteiger partial charge in [-0.1, -0.05) is 37.8 Å². The minimum atomic E-state index is -0.121. The van der Waals surface area contributed by atoms with Gasteiger partial charge in [-0.05, 0) is 55.9 Å². The Bertz CT molecular complexity index is 834. The molecule has 0 saturated carbocycles. The molecule has 29 heavy (non-hydrogen) atoms. The van der Waals surface area contributed by atoms with Crippen LogP contribution in [0.2, 0.25) is 0 Å². The third-order valence-corrected chi connectivity index (χ3v) is 5.81. The summed E-state index contributed by atoms with van der Waals surface area (Å²) >= 11 is 6.70. The second kappa shape index (κ2) is 11.4. The molecule has 1 saturated heterocycles. The maximum absolute atomic E-state index is 12.7. The molecule has 1 amide bonds. The zero-order chi connectivity index (χ0) is 19.9. The van der Waals surface area contributed by atoms with Crippen LogP contribution in [0.15, 0.2) is 52.2 Å². The Hall–Kier alpha value is -1.80. The van der Waals surface area contributed by atoms with E-state index in [0.29, 0.717) is 15.8 Å². The van der Waals surface area contributed by atoms with Gasteiger partial charge in [0.2, 0.25) is 0 Å². The Labute approximate surface area is 187 Å². The summed E-state index contributed by atoms with van der Waals surface area (Å²) in [4.78, 5) is 17.3. The third kappa shape index (κ3) is 6.09. The van der Waals surface area contributed by atoms with Crippen molar-refractivity contribution >= 4 is 58.4 Å². The van der Waals surface area contributed by atoms with E-state index in [1.54, 1.807) is 29.6 Å². The maximum atomic E-state index is 12.7. The molecule has 0 unspecified atom stereocenters. The number of thioether (sulfide) groups is 1. The summed E-state index contributed by atoms with van der Waals surface area (Å²) in [6.45, 7) is 8.16. The van der Waals surface area contributed by atoms with Crippen LogP contribution in [0.5, 0.6) is 5.75 Å². The highest BCUT2D eigenvalue weighted by Crippen LogP contribution is 2.36. The summed E-state index contributed by atoms with van der Waals surface area (Å²) in [5.74, 6) is 0.673. The van der Waals surface area contributed by atoms with Gasteiger partial charge in [0.05, 0.1) is 29.7 Å². The predicted octanol–water partition coefficient (Wildman–Crippen LogP) is 5.22. The van der Waals surface area contributed by atoms with Gasteiger partial charge in [-0.2, -0.15) is 0 Å². The number of hydrogen-bond donors (Lipinski definition) is 0. The topological polar surface area (TPSA) is 45.9 Å². The molecule has 0 atom stereocenters. The summed E-state index contributed by atoms with van der Waals surface area (Å²) in [5.41, 5.74) is 1.59. The lowest BCUT2D eigenvalue weighted by atomic mass is 10.2. The van der Waals surface area contributed by atoms with Crippen LogP contribution in [0, 0.1) is 0 Å². The first-order valence-electron chi connectivity index (χ1n) is 9.37. The lowest BCUT2D eigenvalue weighted by Crippen LogP contribution is -2.27. The van der Waals surface area contributed by atoms with Gasteiger partial charge in [0, 0.05) is 12.1 Å². The first-order valence-corrected chi connectivity index (χ1v) is 10.6. The van der Waals surface area contributed by atoms with E-state index in [2.05, 4.69) is 18.7 Å². The fraction of sp³-hybridized carbons (Fsp3) is 0.333. The molecule has 0 bridgehead atoms. The van der Waals surface area contributed by atoms with Crippen LogP contribution in [0.25, 0.3) is 6.08 Å². The van der Waals surface area contributed by atoms with Gasteiger partial charge in [-0.15, -0.1) is 12.4 Å². The Morgan fingerprint density at radius 3 is 2.55 bits per heavy atom.